The number of nitrogens with one attached hydrogen (secondary N) is 2. The van der Waals surface area contributed by atoms with Crippen molar-refractivity contribution in [2.75, 3.05) is 33.3 Å². The van der Waals surface area contributed by atoms with Gasteiger partial charge in [0.25, 0.3) is 5.89 Å². The van der Waals surface area contributed by atoms with Gasteiger partial charge in [0.2, 0.25) is 5.89 Å². The van der Waals surface area contributed by atoms with Crippen molar-refractivity contribution in [3.63, 3.8) is 0 Å². The lowest BCUT2D eigenvalue weighted by Gasteiger charge is -2.32. The molecule has 152 valence electrons. The zero-order valence-corrected chi connectivity index (χ0v) is 17.6. The van der Waals surface area contributed by atoms with Crippen LogP contribution in [0.15, 0.2) is 52.9 Å². The summed E-state index contributed by atoms with van der Waals surface area (Å²) in [5, 5.41) is 9.36. The van der Waals surface area contributed by atoms with Gasteiger partial charge in [-0.05, 0) is 43.3 Å². The molecule has 6 nitrogen and oxygen atoms in total. The molecule has 0 bridgehead atoms. The van der Waals surface area contributed by atoms with Gasteiger partial charge in [-0.25, -0.2) is 0 Å². The highest BCUT2D eigenvalue weighted by Gasteiger charge is 2.31. The Morgan fingerprint density at radius 2 is 1.69 bits per heavy atom. The highest BCUT2D eigenvalue weighted by molar-refractivity contribution is 6.30. The van der Waals surface area contributed by atoms with E-state index in [9.17, 15) is 0 Å². The Morgan fingerprint density at radius 1 is 1.00 bits per heavy atom. The average molecular weight is 415 g/mol. The lowest BCUT2D eigenvalue weighted by Crippen LogP contribution is -3.27. The van der Waals surface area contributed by atoms with Crippen LogP contribution < -0.4 is 14.5 Å². The third-order valence-electron chi connectivity index (χ3n) is 5.73. The van der Waals surface area contributed by atoms with Gasteiger partial charge in [-0.15, -0.1) is 10.2 Å². The van der Waals surface area contributed by atoms with Gasteiger partial charge < -0.3 is 19.0 Å². The van der Waals surface area contributed by atoms with Crippen LogP contribution in [0.2, 0.25) is 5.02 Å². The van der Waals surface area contributed by atoms with E-state index in [2.05, 4.69) is 29.3 Å². The summed E-state index contributed by atoms with van der Waals surface area (Å²) in [6.45, 7) is 7.64. The molecule has 1 aliphatic heterocycles. The van der Waals surface area contributed by atoms with E-state index in [1.807, 2.05) is 36.4 Å². The van der Waals surface area contributed by atoms with Crippen LogP contribution in [0.1, 0.15) is 24.4 Å². The first-order chi connectivity index (χ1) is 14.1. The summed E-state index contributed by atoms with van der Waals surface area (Å²) >= 11 is 5.99. The molecular weight excluding hydrogens is 388 g/mol. The van der Waals surface area contributed by atoms with Crippen molar-refractivity contribution in [2.45, 2.75) is 19.5 Å². The third kappa shape index (κ3) is 4.78. The Kier molecular flexibility index (Phi) is 6.13. The van der Waals surface area contributed by atoms with Crippen molar-refractivity contribution in [2.24, 2.45) is 0 Å². The van der Waals surface area contributed by atoms with Crippen LogP contribution in [-0.4, -0.2) is 43.5 Å². The van der Waals surface area contributed by atoms with Crippen LogP contribution in [0, 0.1) is 0 Å². The molecule has 1 atom stereocenters. The van der Waals surface area contributed by atoms with Gasteiger partial charge in [-0.3, -0.25) is 0 Å². The number of benzene rings is 2. The van der Waals surface area contributed by atoms with Crippen molar-refractivity contribution >= 4 is 11.6 Å². The normalized spacial score (nSPS) is 20.4. The van der Waals surface area contributed by atoms with Crippen LogP contribution in [-0.2, 0) is 6.54 Å². The monoisotopic (exact) mass is 414 g/mol. The number of piperazine rings is 1. The van der Waals surface area contributed by atoms with Crippen LogP contribution >= 0.6 is 11.6 Å². The van der Waals surface area contributed by atoms with E-state index in [4.69, 9.17) is 20.8 Å². The first-order valence-electron chi connectivity index (χ1n) is 10.0. The number of quaternary nitrogens is 2. The van der Waals surface area contributed by atoms with Crippen molar-refractivity contribution in [3.05, 3.63) is 65.0 Å². The molecule has 0 aliphatic carbocycles. The molecule has 3 aromatic rings. The molecule has 2 aromatic carbocycles. The van der Waals surface area contributed by atoms with Gasteiger partial charge in [0, 0.05) is 16.1 Å². The molecule has 0 radical (unpaired) electrons. The van der Waals surface area contributed by atoms with Crippen molar-refractivity contribution in [1.29, 1.82) is 0 Å². The average Bonchev–Trinajstić information content (AvgIpc) is 3.26. The second-order valence-electron chi connectivity index (χ2n) is 7.61. The van der Waals surface area contributed by atoms with Crippen LogP contribution in [0.5, 0.6) is 5.75 Å². The van der Waals surface area contributed by atoms with E-state index in [1.165, 1.54) is 10.5 Å². The van der Waals surface area contributed by atoms with E-state index in [-0.39, 0.29) is 6.04 Å². The minimum atomic E-state index is 0.187. The van der Waals surface area contributed by atoms with Gasteiger partial charge in [0.1, 0.15) is 38.5 Å². The lowest BCUT2D eigenvalue weighted by atomic mass is 10.2. The second-order valence-corrected chi connectivity index (χ2v) is 8.04. The Bertz CT molecular complexity index is 919. The van der Waals surface area contributed by atoms with Gasteiger partial charge in [-0.2, -0.15) is 0 Å². The molecular formula is C22H27ClN4O2+2. The summed E-state index contributed by atoms with van der Waals surface area (Å²) in [5.74, 6) is 2.07. The molecule has 1 saturated heterocycles. The van der Waals surface area contributed by atoms with Crippen LogP contribution in [0.25, 0.3) is 11.5 Å². The summed E-state index contributed by atoms with van der Waals surface area (Å²) in [5.41, 5.74) is 2.24. The van der Waals surface area contributed by atoms with E-state index < -0.39 is 0 Å². The molecule has 2 heterocycles. The predicted molar refractivity (Wildman–Crippen MR) is 111 cm³/mol. The molecule has 0 saturated carbocycles. The SMILES string of the molecule is COc1ccc(-c2nnc([C@@H](C)[NH+]3CC[NH+](Cc4ccc(Cl)cc4)CC3)o2)cc1. The maximum Gasteiger partial charge on any atom is 0.274 e. The molecule has 1 aliphatic rings. The highest BCUT2D eigenvalue weighted by atomic mass is 35.5. The summed E-state index contributed by atoms with van der Waals surface area (Å²) < 4.78 is 11.2. The lowest BCUT2D eigenvalue weighted by molar-refractivity contribution is -1.03. The fourth-order valence-corrected chi connectivity index (χ4v) is 3.99. The van der Waals surface area contributed by atoms with Crippen molar-refractivity contribution in [3.8, 4) is 17.2 Å². The predicted octanol–water partition coefficient (Wildman–Crippen LogP) is 1.44. The first-order valence-corrected chi connectivity index (χ1v) is 10.4. The molecule has 1 fully saturated rings. The summed E-state index contributed by atoms with van der Waals surface area (Å²) in [7, 11) is 1.65. The number of rotatable bonds is 6. The molecule has 0 unspecified atom stereocenters. The number of hydrogen-bond acceptors (Lipinski definition) is 4. The van der Waals surface area contributed by atoms with E-state index in [0.29, 0.717) is 11.8 Å². The number of aromatic nitrogens is 2. The number of ether oxygens (including phenoxy) is 1. The quantitative estimate of drug-likeness (QED) is 0.641. The van der Waals surface area contributed by atoms with E-state index in [1.54, 1.807) is 12.0 Å². The molecule has 4 rings (SSSR count). The number of methoxy groups -OCH3 is 1. The topological polar surface area (TPSA) is 57.0 Å². The Hall–Kier alpha value is -2.41. The summed E-state index contributed by atoms with van der Waals surface area (Å²) in [4.78, 5) is 3.10. The minimum Gasteiger partial charge on any atom is -0.497 e. The third-order valence-corrected chi connectivity index (χ3v) is 5.98. The smallest absolute Gasteiger partial charge is 0.274 e. The van der Waals surface area contributed by atoms with Crippen LogP contribution in [0.3, 0.4) is 0 Å². The maximum absolute atomic E-state index is 5.99. The van der Waals surface area contributed by atoms with E-state index >= 15 is 0 Å². The molecule has 2 N–H and O–H groups in total. The van der Waals surface area contributed by atoms with Crippen molar-refractivity contribution < 1.29 is 19.0 Å². The molecule has 0 spiro atoms. The van der Waals surface area contributed by atoms with Gasteiger partial charge >= 0.3 is 0 Å². The zero-order chi connectivity index (χ0) is 20.2. The van der Waals surface area contributed by atoms with Gasteiger partial charge in [0.05, 0.1) is 7.11 Å². The molecule has 1 aromatic heterocycles. The van der Waals surface area contributed by atoms with Crippen molar-refractivity contribution in [1.82, 2.24) is 10.2 Å². The largest absolute Gasteiger partial charge is 0.497 e. The number of hydrogen-bond donors (Lipinski definition) is 2. The van der Waals surface area contributed by atoms with Crippen LogP contribution in [0.4, 0.5) is 0 Å². The fraction of sp³-hybridized carbons (Fsp3) is 0.364. The zero-order valence-electron chi connectivity index (χ0n) is 16.8. The number of halogens is 1. The highest BCUT2D eigenvalue weighted by Crippen LogP contribution is 2.22. The van der Waals surface area contributed by atoms with Gasteiger partial charge in [-0.1, -0.05) is 23.7 Å². The van der Waals surface area contributed by atoms with E-state index in [0.717, 1.165) is 49.1 Å². The second kappa shape index (κ2) is 8.95. The number of nitrogens with zero attached hydrogens (tertiary/aromatic N) is 2. The minimum absolute atomic E-state index is 0.187. The first kappa shape index (κ1) is 19.9. The fourth-order valence-electron chi connectivity index (χ4n) is 3.86. The maximum atomic E-state index is 5.99. The molecule has 7 heteroatoms. The Labute approximate surface area is 176 Å². The Morgan fingerprint density at radius 3 is 2.34 bits per heavy atom. The standard InChI is InChI=1S/C22H25ClN4O2/c1-16(21-24-25-22(29-21)18-5-9-20(28-2)10-6-18)27-13-11-26(12-14-27)15-17-3-7-19(23)8-4-17/h3-10,16H,11-15H2,1-2H3/p+2/t16-/m1/s1. The summed E-state index contributed by atoms with van der Waals surface area (Å²) in [6.07, 6.45) is 0. The molecule has 0 amide bonds. The molecule has 29 heavy (non-hydrogen) atoms. The summed E-state index contributed by atoms with van der Waals surface area (Å²) in [6, 6.07) is 16.0. The van der Waals surface area contributed by atoms with Gasteiger partial charge in [0.15, 0.2) is 6.04 Å². The Balaban J connectivity index is 1.34.